The molecule has 2 atom stereocenters. The number of carbonyl (C=O) groups excluding carboxylic acids is 1. The number of carbonyl (C=O) groups is 1. The fourth-order valence-corrected chi connectivity index (χ4v) is 4.17. The quantitative estimate of drug-likeness (QED) is 0.847. The number of likely N-dealkylation sites (tertiary alicyclic amines) is 1. The predicted molar refractivity (Wildman–Crippen MR) is 79.9 cm³/mol. The third kappa shape index (κ3) is 2.07. The molecule has 0 aliphatic carbocycles. The zero-order valence-electron chi connectivity index (χ0n) is 12.3. The number of amides is 1. The van der Waals surface area contributed by atoms with Gasteiger partial charge in [0, 0.05) is 19.7 Å². The number of piperidine rings is 1. The molecule has 0 spiro atoms. The maximum Gasteiger partial charge on any atom is 0.263 e. The van der Waals surface area contributed by atoms with Gasteiger partial charge in [-0.25, -0.2) is 0 Å². The summed E-state index contributed by atoms with van der Waals surface area (Å²) in [4.78, 5) is 19.8. The molecule has 1 amide bonds. The Balaban J connectivity index is 1.65. The van der Waals surface area contributed by atoms with Crippen molar-refractivity contribution in [2.24, 2.45) is 0 Å². The third-order valence-electron chi connectivity index (χ3n) is 4.59. The van der Waals surface area contributed by atoms with Crippen LogP contribution in [0.25, 0.3) is 0 Å². The van der Waals surface area contributed by atoms with Crippen LogP contribution in [0.1, 0.15) is 34.2 Å². The minimum absolute atomic E-state index is 0.0553. The number of rotatable bonds is 2. The van der Waals surface area contributed by atoms with Crippen LogP contribution in [-0.4, -0.2) is 46.7 Å². The van der Waals surface area contributed by atoms with Crippen molar-refractivity contribution in [2.75, 3.05) is 19.7 Å². The van der Waals surface area contributed by atoms with Crippen molar-refractivity contribution in [3.05, 3.63) is 34.1 Å². The van der Waals surface area contributed by atoms with E-state index in [2.05, 4.69) is 10.1 Å². The van der Waals surface area contributed by atoms with E-state index in [9.17, 15) is 4.79 Å². The molecule has 22 heavy (non-hydrogen) atoms. The molecule has 7 heteroatoms. The van der Waals surface area contributed by atoms with Crippen LogP contribution >= 0.6 is 11.3 Å². The lowest BCUT2D eigenvalue weighted by molar-refractivity contribution is 0.00842. The van der Waals surface area contributed by atoms with Gasteiger partial charge in [-0.15, -0.1) is 11.3 Å². The first-order chi connectivity index (χ1) is 10.7. The molecule has 2 aromatic heterocycles. The number of hydrogen-bond acceptors (Lipinski definition) is 6. The van der Waals surface area contributed by atoms with Crippen LogP contribution < -0.4 is 0 Å². The van der Waals surface area contributed by atoms with Gasteiger partial charge in [0.05, 0.1) is 16.4 Å². The Morgan fingerprint density at radius 1 is 1.55 bits per heavy atom. The number of aromatic nitrogens is 2. The van der Waals surface area contributed by atoms with E-state index in [1.807, 2.05) is 29.3 Å². The first-order valence-electron chi connectivity index (χ1n) is 7.44. The highest BCUT2D eigenvalue weighted by atomic mass is 32.1. The summed E-state index contributed by atoms with van der Waals surface area (Å²) in [5.74, 6) is 1.31. The molecule has 2 fully saturated rings. The van der Waals surface area contributed by atoms with Crippen molar-refractivity contribution in [1.82, 2.24) is 15.0 Å². The van der Waals surface area contributed by atoms with Crippen LogP contribution in [-0.2, 0) is 10.2 Å². The number of hydrogen-bond donors (Lipinski definition) is 0. The summed E-state index contributed by atoms with van der Waals surface area (Å²) >= 11 is 1.47. The summed E-state index contributed by atoms with van der Waals surface area (Å²) < 4.78 is 11.3. The molecule has 2 saturated heterocycles. The maximum absolute atomic E-state index is 12.7. The predicted octanol–water partition coefficient (Wildman–Crippen LogP) is 2.01. The van der Waals surface area contributed by atoms with Gasteiger partial charge < -0.3 is 14.2 Å². The Morgan fingerprint density at radius 2 is 2.45 bits per heavy atom. The Bertz CT molecular complexity index is 684. The van der Waals surface area contributed by atoms with Crippen molar-refractivity contribution < 1.29 is 14.1 Å². The van der Waals surface area contributed by atoms with Gasteiger partial charge in [0.25, 0.3) is 5.91 Å². The molecule has 0 saturated carbocycles. The maximum atomic E-state index is 12.7. The van der Waals surface area contributed by atoms with Crippen LogP contribution in [0.5, 0.6) is 0 Å². The van der Waals surface area contributed by atoms with Gasteiger partial charge in [0.1, 0.15) is 0 Å². The van der Waals surface area contributed by atoms with Crippen molar-refractivity contribution in [1.29, 1.82) is 0 Å². The van der Waals surface area contributed by atoms with Crippen molar-refractivity contribution in [3.63, 3.8) is 0 Å². The Hall–Kier alpha value is -1.73. The minimum atomic E-state index is -0.355. The Labute approximate surface area is 132 Å². The molecule has 0 N–H and O–H groups in total. The topological polar surface area (TPSA) is 68.5 Å². The molecule has 4 rings (SSSR count). The van der Waals surface area contributed by atoms with Crippen molar-refractivity contribution >= 4 is 17.2 Å². The van der Waals surface area contributed by atoms with E-state index in [4.69, 9.17) is 9.26 Å². The summed E-state index contributed by atoms with van der Waals surface area (Å²) in [7, 11) is 0. The largest absolute Gasteiger partial charge is 0.377 e. The van der Waals surface area contributed by atoms with E-state index < -0.39 is 0 Å². The van der Waals surface area contributed by atoms with E-state index in [1.165, 1.54) is 11.3 Å². The van der Waals surface area contributed by atoms with E-state index in [0.717, 1.165) is 17.7 Å². The summed E-state index contributed by atoms with van der Waals surface area (Å²) in [6, 6.07) is 3.77. The highest BCUT2D eigenvalue weighted by molar-refractivity contribution is 7.12. The number of fused-ring (bicyclic) bond motifs is 1. The van der Waals surface area contributed by atoms with Gasteiger partial charge in [-0.2, -0.15) is 4.98 Å². The van der Waals surface area contributed by atoms with Crippen molar-refractivity contribution in [2.45, 2.75) is 31.3 Å². The molecule has 2 aliphatic rings. The molecule has 0 aromatic carbocycles. The summed E-state index contributed by atoms with van der Waals surface area (Å²) in [6.07, 6.45) is 1.67. The smallest absolute Gasteiger partial charge is 0.263 e. The molecule has 2 aliphatic heterocycles. The van der Waals surface area contributed by atoms with E-state index in [1.54, 1.807) is 0 Å². The van der Waals surface area contributed by atoms with Gasteiger partial charge >= 0.3 is 0 Å². The SMILES string of the molecule is Cc1noc([C@@]23CCO[C@@H]2CCN(C(=O)c2cccs2)C3)n1. The second-order valence-corrected chi connectivity index (χ2v) is 6.85. The summed E-state index contributed by atoms with van der Waals surface area (Å²) in [6.45, 7) is 3.77. The number of ether oxygens (including phenoxy) is 1. The summed E-state index contributed by atoms with van der Waals surface area (Å²) in [5, 5.41) is 5.85. The lowest BCUT2D eigenvalue weighted by Crippen LogP contribution is -2.54. The van der Waals surface area contributed by atoms with E-state index in [0.29, 0.717) is 31.4 Å². The van der Waals surface area contributed by atoms with Gasteiger partial charge in [-0.05, 0) is 31.2 Å². The molecule has 2 aromatic rings. The number of thiophene rings is 1. The van der Waals surface area contributed by atoms with Gasteiger partial charge in [-0.1, -0.05) is 11.2 Å². The summed E-state index contributed by atoms with van der Waals surface area (Å²) in [5.41, 5.74) is -0.355. The Morgan fingerprint density at radius 3 is 3.18 bits per heavy atom. The van der Waals surface area contributed by atoms with E-state index in [-0.39, 0.29) is 17.4 Å². The van der Waals surface area contributed by atoms with Gasteiger partial charge in [-0.3, -0.25) is 4.79 Å². The second kappa shape index (κ2) is 5.17. The molecular formula is C15H17N3O3S. The zero-order valence-corrected chi connectivity index (χ0v) is 13.1. The van der Waals surface area contributed by atoms with E-state index >= 15 is 0 Å². The zero-order chi connectivity index (χ0) is 15.2. The van der Waals surface area contributed by atoms with Crippen LogP contribution in [0.2, 0.25) is 0 Å². The average Bonchev–Trinajstić information content (AvgIpc) is 3.26. The highest BCUT2D eigenvalue weighted by Gasteiger charge is 2.53. The van der Waals surface area contributed by atoms with Gasteiger partial charge in [0.15, 0.2) is 5.82 Å². The highest BCUT2D eigenvalue weighted by Crippen LogP contribution is 2.43. The lowest BCUT2D eigenvalue weighted by Gasteiger charge is -2.41. The van der Waals surface area contributed by atoms with Crippen molar-refractivity contribution in [3.8, 4) is 0 Å². The monoisotopic (exact) mass is 319 g/mol. The molecular weight excluding hydrogens is 302 g/mol. The van der Waals surface area contributed by atoms with Gasteiger partial charge in [0.2, 0.25) is 5.89 Å². The molecule has 0 unspecified atom stereocenters. The van der Waals surface area contributed by atoms with Crippen LogP contribution in [0.15, 0.2) is 22.0 Å². The molecule has 6 nitrogen and oxygen atoms in total. The minimum Gasteiger partial charge on any atom is -0.377 e. The fourth-order valence-electron chi connectivity index (χ4n) is 3.48. The number of nitrogens with zero attached hydrogens (tertiary/aromatic N) is 3. The standard InChI is InChI=1S/C15H17N3O3S/c1-10-16-14(21-17-10)15-5-7-20-12(15)4-6-18(9-15)13(19)11-3-2-8-22-11/h2-3,8,12H,4-7,9H2,1H3/t12-,15-/m1/s1. The first-order valence-corrected chi connectivity index (χ1v) is 8.32. The fraction of sp³-hybridized carbons (Fsp3) is 0.533. The average molecular weight is 319 g/mol. The first kappa shape index (κ1) is 13.9. The second-order valence-electron chi connectivity index (χ2n) is 5.91. The molecule has 0 bridgehead atoms. The molecule has 0 radical (unpaired) electrons. The Kier molecular flexibility index (Phi) is 3.27. The normalized spacial score (nSPS) is 27.9. The van der Waals surface area contributed by atoms with Crippen LogP contribution in [0.3, 0.4) is 0 Å². The lowest BCUT2D eigenvalue weighted by atomic mass is 9.76. The molecule has 116 valence electrons. The number of aryl methyl sites for hydroxylation is 1. The van der Waals surface area contributed by atoms with Crippen LogP contribution in [0, 0.1) is 6.92 Å². The van der Waals surface area contributed by atoms with Crippen LogP contribution in [0.4, 0.5) is 0 Å². The third-order valence-corrected chi connectivity index (χ3v) is 5.45. The molecule has 4 heterocycles.